The molecule has 2 heterocycles. The van der Waals surface area contributed by atoms with Crippen LogP contribution in [-0.2, 0) is 0 Å². The van der Waals surface area contributed by atoms with E-state index in [0.29, 0.717) is 10.7 Å². The van der Waals surface area contributed by atoms with Crippen molar-refractivity contribution >= 4 is 38.8 Å². The number of nitrogens with two attached hydrogens (primary N) is 1. The molecule has 0 aliphatic rings. The molecule has 0 aliphatic carbocycles. The highest BCUT2D eigenvalue weighted by atomic mass is 35.5. The molecule has 0 fully saturated rings. The van der Waals surface area contributed by atoms with Crippen LogP contribution < -0.4 is 5.73 Å². The molecule has 0 aliphatic heterocycles. The van der Waals surface area contributed by atoms with Crippen LogP contribution in [0.15, 0.2) is 36.5 Å². The zero-order valence-electron chi connectivity index (χ0n) is 9.85. The van der Waals surface area contributed by atoms with Crippen molar-refractivity contribution in [1.82, 2.24) is 4.98 Å². The molecule has 0 unspecified atom stereocenters. The van der Waals surface area contributed by atoms with Gasteiger partial charge in [-0.2, -0.15) is 0 Å². The van der Waals surface area contributed by atoms with E-state index in [-0.39, 0.29) is 0 Å². The van der Waals surface area contributed by atoms with Crippen LogP contribution in [0.1, 0.15) is 4.88 Å². The first-order chi connectivity index (χ1) is 9.20. The lowest BCUT2D eigenvalue weighted by Gasteiger charge is -2.04. The molecule has 0 atom stereocenters. The van der Waals surface area contributed by atoms with Crippen molar-refractivity contribution in [3.63, 3.8) is 0 Å². The van der Waals surface area contributed by atoms with Gasteiger partial charge >= 0.3 is 0 Å². The molecule has 0 spiro atoms. The molecule has 4 heteroatoms. The monoisotopic (exact) mass is 284 g/mol. The Bertz CT molecular complexity index is 797. The summed E-state index contributed by atoms with van der Waals surface area (Å²) >= 11 is 7.35. The number of thiophene rings is 1. The standard InChI is InChI=1S/C15H9ClN2S/c1-2-12-14(17)13-11(7-8-18-15(13)19-12)9-3-5-10(16)6-4-9/h1,3-8H,17H2. The predicted molar refractivity (Wildman–Crippen MR) is 82.4 cm³/mol. The first-order valence-electron chi connectivity index (χ1n) is 5.60. The van der Waals surface area contributed by atoms with Crippen molar-refractivity contribution in [3.8, 4) is 23.5 Å². The van der Waals surface area contributed by atoms with Gasteiger partial charge in [0.05, 0.1) is 5.69 Å². The highest BCUT2D eigenvalue weighted by molar-refractivity contribution is 7.20. The fourth-order valence-electron chi connectivity index (χ4n) is 2.02. The Kier molecular flexibility index (Phi) is 2.90. The zero-order chi connectivity index (χ0) is 13.4. The lowest BCUT2D eigenvalue weighted by molar-refractivity contribution is 1.44. The fraction of sp³-hybridized carbons (Fsp3) is 0. The number of benzene rings is 1. The maximum atomic E-state index is 6.12. The van der Waals surface area contributed by atoms with Gasteiger partial charge in [0.1, 0.15) is 9.71 Å². The molecule has 2 N–H and O–H groups in total. The van der Waals surface area contributed by atoms with E-state index in [9.17, 15) is 0 Å². The summed E-state index contributed by atoms with van der Waals surface area (Å²) in [4.78, 5) is 5.92. The van der Waals surface area contributed by atoms with Crippen LogP contribution in [0.5, 0.6) is 0 Å². The third-order valence-electron chi connectivity index (χ3n) is 2.92. The molecule has 0 saturated carbocycles. The summed E-state index contributed by atoms with van der Waals surface area (Å²) in [6.07, 6.45) is 7.22. The molecule has 2 aromatic heterocycles. The fourth-order valence-corrected chi connectivity index (χ4v) is 3.05. The van der Waals surface area contributed by atoms with E-state index >= 15 is 0 Å². The topological polar surface area (TPSA) is 38.9 Å². The van der Waals surface area contributed by atoms with Crippen molar-refractivity contribution in [1.29, 1.82) is 0 Å². The largest absolute Gasteiger partial charge is 0.396 e. The number of nitrogens with zero attached hydrogens (tertiary/aromatic N) is 1. The second-order valence-electron chi connectivity index (χ2n) is 4.03. The van der Waals surface area contributed by atoms with Crippen molar-refractivity contribution in [3.05, 3.63) is 46.4 Å². The summed E-state index contributed by atoms with van der Waals surface area (Å²) in [6, 6.07) is 9.57. The van der Waals surface area contributed by atoms with Gasteiger partial charge in [0, 0.05) is 16.6 Å². The van der Waals surface area contributed by atoms with E-state index in [1.807, 2.05) is 30.3 Å². The van der Waals surface area contributed by atoms with Gasteiger partial charge < -0.3 is 5.73 Å². The highest BCUT2D eigenvalue weighted by Gasteiger charge is 2.13. The zero-order valence-corrected chi connectivity index (χ0v) is 11.4. The molecule has 3 aromatic rings. The van der Waals surface area contributed by atoms with E-state index in [4.69, 9.17) is 23.8 Å². The van der Waals surface area contributed by atoms with E-state index < -0.39 is 0 Å². The number of hydrogen-bond donors (Lipinski definition) is 1. The molecular formula is C15H9ClN2S. The van der Waals surface area contributed by atoms with Crippen LogP contribution in [0.4, 0.5) is 5.69 Å². The second-order valence-corrected chi connectivity index (χ2v) is 5.47. The van der Waals surface area contributed by atoms with Crippen molar-refractivity contribution < 1.29 is 0 Å². The smallest absolute Gasteiger partial charge is 0.127 e. The van der Waals surface area contributed by atoms with Gasteiger partial charge in [-0.1, -0.05) is 29.7 Å². The molecule has 2 nitrogen and oxygen atoms in total. The maximum absolute atomic E-state index is 6.12. The summed E-state index contributed by atoms with van der Waals surface area (Å²) in [5.41, 5.74) is 8.82. The number of aromatic nitrogens is 1. The Hall–Kier alpha value is -2.02. The van der Waals surface area contributed by atoms with E-state index in [2.05, 4.69) is 10.9 Å². The molecule has 92 valence electrons. The molecule has 0 radical (unpaired) electrons. The number of nitrogen functional groups attached to an aromatic ring is 1. The average molecular weight is 285 g/mol. The Balaban J connectivity index is 2.33. The minimum Gasteiger partial charge on any atom is -0.396 e. The first kappa shape index (κ1) is 12.0. The van der Waals surface area contributed by atoms with Crippen LogP contribution in [0.3, 0.4) is 0 Å². The van der Waals surface area contributed by atoms with Gasteiger partial charge in [0.15, 0.2) is 0 Å². The maximum Gasteiger partial charge on any atom is 0.127 e. The lowest BCUT2D eigenvalue weighted by atomic mass is 10.0. The summed E-state index contributed by atoms with van der Waals surface area (Å²) in [7, 11) is 0. The number of anilines is 1. The minimum absolute atomic E-state index is 0.626. The minimum atomic E-state index is 0.626. The average Bonchev–Trinajstić information content (AvgIpc) is 2.76. The molecule has 0 bridgehead atoms. The molecule has 0 amide bonds. The summed E-state index contributed by atoms with van der Waals surface area (Å²) in [5.74, 6) is 2.60. The number of fused-ring (bicyclic) bond motifs is 1. The van der Waals surface area contributed by atoms with Crippen molar-refractivity contribution in [2.24, 2.45) is 0 Å². The number of hydrogen-bond acceptors (Lipinski definition) is 3. The number of terminal acetylenes is 1. The Morgan fingerprint density at radius 2 is 1.95 bits per heavy atom. The predicted octanol–water partition coefficient (Wildman–Crippen LogP) is 4.18. The van der Waals surface area contributed by atoms with Gasteiger partial charge in [-0.25, -0.2) is 4.98 Å². The molecule has 3 rings (SSSR count). The van der Waals surface area contributed by atoms with Gasteiger partial charge in [0.2, 0.25) is 0 Å². The van der Waals surface area contributed by atoms with Crippen LogP contribution >= 0.6 is 22.9 Å². The summed E-state index contributed by atoms with van der Waals surface area (Å²) in [6.45, 7) is 0. The Morgan fingerprint density at radius 3 is 2.63 bits per heavy atom. The molecule has 19 heavy (non-hydrogen) atoms. The molecule has 0 saturated heterocycles. The molecule has 1 aromatic carbocycles. The van der Waals surface area contributed by atoms with Gasteiger partial charge in [-0.05, 0) is 29.3 Å². The lowest BCUT2D eigenvalue weighted by Crippen LogP contribution is -1.88. The third kappa shape index (κ3) is 1.95. The van der Waals surface area contributed by atoms with Gasteiger partial charge in [-0.15, -0.1) is 17.8 Å². The van der Waals surface area contributed by atoms with E-state index in [1.54, 1.807) is 6.20 Å². The van der Waals surface area contributed by atoms with E-state index in [0.717, 1.165) is 26.2 Å². The van der Waals surface area contributed by atoms with Crippen LogP contribution in [0.25, 0.3) is 21.3 Å². The van der Waals surface area contributed by atoms with Gasteiger partial charge in [0.25, 0.3) is 0 Å². The first-order valence-corrected chi connectivity index (χ1v) is 6.79. The third-order valence-corrected chi connectivity index (χ3v) is 4.21. The SMILES string of the molecule is C#Cc1sc2nccc(-c3ccc(Cl)cc3)c2c1N. The highest BCUT2D eigenvalue weighted by Crippen LogP contribution is 2.38. The molecular weight excluding hydrogens is 276 g/mol. The number of rotatable bonds is 1. The normalized spacial score (nSPS) is 10.5. The Labute approximate surface area is 119 Å². The summed E-state index contributed by atoms with van der Waals surface area (Å²) < 4.78 is 0. The van der Waals surface area contributed by atoms with Crippen LogP contribution in [0, 0.1) is 12.3 Å². The summed E-state index contributed by atoms with van der Waals surface area (Å²) in [5, 5.41) is 1.62. The number of pyridine rings is 1. The van der Waals surface area contributed by atoms with Crippen LogP contribution in [0.2, 0.25) is 5.02 Å². The van der Waals surface area contributed by atoms with Crippen molar-refractivity contribution in [2.45, 2.75) is 0 Å². The second kappa shape index (κ2) is 4.58. The van der Waals surface area contributed by atoms with E-state index in [1.165, 1.54) is 11.3 Å². The van der Waals surface area contributed by atoms with Crippen molar-refractivity contribution in [2.75, 3.05) is 5.73 Å². The number of halogens is 1. The quantitative estimate of drug-likeness (QED) is 0.681. The van der Waals surface area contributed by atoms with Crippen LogP contribution in [-0.4, -0.2) is 4.98 Å². The Morgan fingerprint density at radius 1 is 1.21 bits per heavy atom. The van der Waals surface area contributed by atoms with Gasteiger partial charge in [-0.3, -0.25) is 0 Å².